The highest BCUT2D eigenvalue weighted by atomic mass is 19.4. The average molecular weight is 514 g/mol. The zero-order chi connectivity index (χ0) is 26.2. The number of benzene rings is 1. The molecular weight excluding hydrogens is 487 g/mol. The van der Waals surface area contributed by atoms with E-state index in [2.05, 4.69) is 10.1 Å². The van der Waals surface area contributed by atoms with Gasteiger partial charge >= 0.3 is 6.18 Å². The van der Waals surface area contributed by atoms with Crippen LogP contribution in [0, 0.1) is 5.92 Å². The lowest BCUT2D eigenvalue weighted by molar-refractivity contribution is -0.144. The SMILES string of the molecule is O=C(Cc1ccc2nn(CC(=O)N3CCN(C(=O)C4CCC4)CC3)cc2c1)c1cccc(C(F)(F)F)n1. The van der Waals surface area contributed by atoms with Crippen LogP contribution in [0.1, 0.15) is 41.0 Å². The fourth-order valence-electron chi connectivity index (χ4n) is 4.67. The molecule has 0 unspecified atom stereocenters. The molecule has 2 fully saturated rings. The molecular formula is C26H26F3N5O3. The van der Waals surface area contributed by atoms with Crippen molar-refractivity contribution in [2.75, 3.05) is 26.2 Å². The number of pyridine rings is 1. The lowest BCUT2D eigenvalue weighted by Crippen LogP contribution is -2.53. The van der Waals surface area contributed by atoms with Gasteiger partial charge in [-0.25, -0.2) is 4.98 Å². The molecule has 11 heteroatoms. The Balaban J connectivity index is 1.19. The zero-order valence-corrected chi connectivity index (χ0v) is 20.1. The van der Waals surface area contributed by atoms with Gasteiger partial charge in [0, 0.05) is 50.1 Å². The van der Waals surface area contributed by atoms with Gasteiger partial charge in [-0.05, 0) is 42.7 Å². The van der Waals surface area contributed by atoms with Crippen molar-refractivity contribution in [3.05, 3.63) is 59.5 Å². The number of carbonyl (C=O) groups excluding carboxylic acids is 3. The maximum atomic E-state index is 12.9. The van der Waals surface area contributed by atoms with Crippen LogP contribution in [0.4, 0.5) is 13.2 Å². The molecule has 1 aliphatic heterocycles. The Labute approximate surface area is 211 Å². The molecule has 2 aliphatic rings. The summed E-state index contributed by atoms with van der Waals surface area (Å²) in [6, 6.07) is 8.39. The molecule has 2 aromatic heterocycles. The molecule has 0 radical (unpaired) electrons. The van der Waals surface area contributed by atoms with Crippen LogP contribution in [0.25, 0.3) is 10.9 Å². The van der Waals surface area contributed by atoms with Crippen molar-refractivity contribution in [1.82, 2.24) is 24.6 Å². The summed E-state index contributed by atoms with van der Waals surface area (Å²) < 4.78 is 40.3. The monoisotopic (exact) mass is 513 g/mol. The summed E-state index contributed by atoms with van der Waals surface area (Å²) in [6.45, 7) is 2.12. The van der Waals surface area contributed by atoms with Crippen molar-refractivity contribution in [2.24, 2.45) is 5.92 Å². The molecule has 1 aliphatic carbocycles. The lowest BCUT2D eigenvalue weighted by atomic mass is 9.84. The molecule has 0 N–H and O–H groups in total. The summed E-state index contributed by atoms with van der Waals surface area (Å²) in [6.07, 6.45) is 0.00415. The van der Waals surface area contributed by atoms with Crippen LogP contribution in [0.2, 0.25) is 0 Å². The van der Waals surface area contributed by atoms with E-state index in [0.717, 1.165) is 25.3 Å². The van der Waals surface area contributed by atoms with E-state index in [0.29, 0.717) is 42.6 Å². The van der Waals surface area contributed by atoms with Gasteiger partial charge in [-0.2, -0.15) is 18.3 Å². The number of carbonyl (C=O) groups is 3. The van der Waals surface area contributed by atoms with Gasteiger partial charge in [0.2, 0.25) is 11.8 Å². The molecule has 1 aromatic carbocycles. The average Bonchev–Trinajstić information content (AvgIpc) is 3.24. The van der Waals surface area contributed by atoms with Gasteiger partial charge in [0.15, 0.2) is 5.78 Å². The Bertz CT molecular complexity index is 1340. The van der Waals surface area contributed by atoms with E-state index in [4.69, 9.17) is 0 Å². The molecule has 0 bridgehead atoms. The Morgan fingerprint density at radius 3 is 2.38 bits per heavy atom. The van der Waals surface area contributed by atoms with Gasteiger partial charge in [0.05, 0.1) is 5.52 Å². The van der Waals surface area contributed by atoms with Crippen molar-refractivity contribution < 1.29 is 27.6 Å². The molecule has 0 atom stereocenters. The van der Waals surface area contributed by atoms with E-state index in [1.807, 2.05) is 4.90 Å². The third kappa shape index (κ3) is 5.50. The highest BCUT2D eigenvalue weighted by molar-refractivity contribution is 5.96. The normalized spacial score (nSPS) is 16.6. The summed E-state index contributed by atoms with van der Waals surface area (Å²) in [4.78, 5) is 44.8. The highest BCUT2D eigenvalue weighted by Gasteiger charge is 2.33. The number of alkyl halides is 3. The molecule has 0 spiro atoms. The molecule has 8 nitrogen and oxygen atoms in total. The quantitative estimate of drug-likeness (QED) is 0.472. The number of fused-ring (bicyclic) bond motifs is 1. The molecule has 1 saturated heterocycles. The van der Waals surface area contributed by atoms with Crippen LogP contribution in [0.5, 0.6) is 0 Å². The molecule has 5 rings (SSSR count). The largest absolute Gasteiger partial charge is 0.433 e. The van der Waals surface area contributed by atoms with Gasteiger partial charge in [-0.3, -0.25) is 19.1 Å². The smallest absolute Gasteiger partial charge is 0.339 e. The first-order valence-corrected chi connectivity index (χ1v) is 12.3. The second-order valence-electron chi connectivity index (χ2n) is 9.56. The number of aromatic nitrogens is 3. The first kappa shape index (κ1) is 24.9. The van der Waals surface area contributed by atoms with Crippen molar-refractivity contribution in [1.29, 1.82) is 0 Å². The predicted molar refractivity (Wildman–Crippen MR) is 128 cm³/mol. The van der Waals surface area contributed by atoms with Crippen LogP contribution in [-0.2, 0) is 28.7 Å². The summed E-state index contributed by atoms with van der Waals surface area (Å²) >= 11 is 0. The molecule has 194 valence electrons. The first-order chi connectivity index (χ1) is 17.7. The fraction of sp³-hybridized carbons (Fsp3) is 0.423. The number of nitrogens with zero attached hydrogens (tertiary/aromatic N) is 5. The maximum absolute atomic E-state index is 12.9. The molecule has 3 aromatic rings. The standard InChI is InChI=1S/C26H26F3N5O3/c27-26(28,29)23-6-2-5-21(30-23)22(35)14-17-7-8-20-19(13-17)15-34(31-20)16-24(36)32-9-11-33(12-10-32)25(37)18-3-1-4-18/h2,5-8,13,15,18H,1,3-4,9-12,14,16H2. The van der Waals surface area contributed by atoms with Gasteiger partial charge in [-0.15, -0.1) is 0 Å². The van der Waals surface area contributed by atoms with Crippen LogP contribution >= 0.6 is 0 Å². The second-order valence-corrected chi connectivity index (χ2v) is 9.56. The highest BCUT2D eigenvalue weighted by Crippen LogP contribution is 2.29. The topological polar surface area (TPSA) is 88.4 Å². The summed E-state index contributed by atoms with van der Waals surface area (Å²) in [5.74, 6) is -0.257. The lowest BCUT2D eigenvalue weighted by Gasteiger charge is -2.38. The van der Waals surface area contributed by atoms with E-state index in [1.54, 1.807) is 34.0 Å². The fourth-order valence-corrected chi connectivity index (χ4v) is 4.67. The van der Waals surface area contributed by atoms with E-state index in [1.165, 1.54) is 12.1 Å². The minimum absolute atomic E-state index is 0.0493. The minimum Gasteiger partial charge on any atom is -0.339 e. The van der Waals surface area contributed by atoms with E-state index < -0.39 is 17.7 Å². The van der Waals surface area contributed by atoms with Crippen LogP contribution < -0.4 is 0 Å². The van der Waals surface area contributed by atoms with Gasteiger partial charge < -0.3 is 9.80 Å². The predicted octanol–water partition coefficient (Wildman–Crippen LogP) is 3.35. The van der Waals surface area contributed by atoms with Crippen molar-refractivity contribution in [2.45, 2.75) is 38.4 Å². The van der Waals surface area contributed by atoms with Crippen LogP contribution in [0.15, 0.2) is 42.6 Å². The number of halogens is 3. The van der Waals surface area contributed by atoms with Gasteiger partial charge in [0.1, 0.15) is 17.9 Å². The molecule has 1 saturated carbocycles. The Kier molecular flexibility index (Phi) is 6.70. The summed E-state index contributed by atoms with van der Waals surface area (Å²) in [5, 5.41) is 5.15. The summed E-state index contributed by atoms with van der Waals surface area (Å²) in [7, 11) is 0. The zero-order valence-electron chi connectivity index (χ0n) is 20.1. The van der Waals surface area contributed by atoms with Crippen LogP contribution in [0.3, 0.4) is 0 Å². The number of hydrogen-bond donors (Lipinski definition) is 0. The Morgan fingerprint density at radius 1 is 0.973 bits per heavy atom. The number of amides is 2. The number of piperazine rings is 1. The van der Waals surface area contributed by atoms with E-state index in [9.17, 15) is 27.6 Å². The third-order valence-electron chi connectivity index (χ3n) is 7.00. The minimum atomic E-state index is -4.62. The number of ketones is 1. The molecule has 2 amide bonds. The molecule has 3 heterocycles. The van der Waals surface area contributed by atoms with Crippen LogP contribution in [-0.4, -0.2) is 68.3 Å². The van der Waals surface area contributed by atoms with Gasteiger partial charge in [0.25, 0.3) is 0 Å². The van der Waals surface area contributed by atoms with E-state index >= 15 is 0 Å². The first-order valence-electron chi connectivity index (χ1n) is 12.3. The van der Waals surface area contributed by atoms with Crippen molar-refractivity contribution in [3.63, 3.8) is 0 Å². The maximum Gasteiger partial charge on any atom is 0.433 e. The van der Waals surface area contributed by atoms with Gasteiger partial charge in [-0.1, -0.05) is 18.6 Å². The number of rotatable bonds is 6. The number of Topliss-reactive ketones (excluding diaryl/α,β-unsaturated/α-hetero) is 1. The molecule has 37 heavy (non-hydrogen) atoms. The third-order valence-corrected chi connectivity index (χ3v) is 7.00. The van der Waals surface area contributed by atoms with E-state index in [-0.39, 0.29) is 36.4 Å². The Morgan fingerprint density at radius 2 is 1.70 bits per heavy atom. The van der Waals surface area contributed by atoms with Crippen molar-refractivity contribution >= 4 is 28.5 Å². The second kappa shape index (κ2) is 9.95. The Hall–Kier alpha value is -3.76. The number of hydrogen-bond acceptors (Lipinski definition) is 5. The summed E-state index contributed by atoms with van der Waals surface area (Å²) in [5.41, 5.74) is -0.108. The van der Waals surface area contributed by atoms with Crippen molar-refractivity contribution in [3.8, 4) is 0 Å².